The Balaban J connectivity index is 3.03. The molecule has 0 aromatic carbocycles. The van der Waals surface area contributed by atoms with Gasteiger partial charge in [-0.15, -0.1) is 0 Å². The highest BCUT2D eigenvalue weighted by atomic mass is 79.9. The maximum atomic E-state index is 11.0. The summed E-state index contributed by atoms with van der Waals surface area (Å²) in [7, 11) is 0. The van der Waals surface area contributed by atoms with Crippen molar-refractivity contribution in [2.75, 3.05) is 0 Å². The van der Waals surface area contributed by atoms with Crippen molar-refractivity contribution in [1.29, 1.82) is 0 Å². The third-order valence-corrected chi connectivity index (χ3v) is 4.29. The van der Waals surface area contributed by atoms with E-state index in [2.05, 4.69) is 41.7 Å². The lowest BCUT2D eigenvalue weighted by molar-refractivity contribution is -0.386. The Morgan fingerprint density at radius 3 is 2.59 bits per heavy atom. The van der Waals surface area contributed by atoms with Crippen molar-refractivity contribution in [3.63, 3.8) is 0 Å². The Morgan fingerprint density at radius 1 is 1.53 bits per heavy atom. The van der Waals surface area contributed by atoms with E-state index in [4.69, 9.17) is 0 Å². The molecule has 0 fully saturated rings. The molecule has 1 aromatic heterocycles. The SMILES string of the molecule is Cc1cnc(CC(Br)C(C)(C)C)c([N+](=O)[O-])c1. The second kappa shape index (κ2) is 5.12. The molecule has 0 aliphatic carbocycles. The number of rotatable bonds is 3. The van der Waals surface area contributed by atoms with Gasteiger partial charge in [-0.25, -0.2) is 0 Å². The normalized spacial score (nSPS) is 13.5. The van der Waals surface area contributed by atoms with E-state index in [9.17, 15) is 10.1 Å². The first-order valence-electron chi connectivity index (χ1n) is 5.46. The third-order valence-electron chi connectivity index (χ3n) is 2.59. The van der Waals surface area contributed by atoms with E-state index in [1.165, 1.54) is 0 Å². The Bertz CT molecular complexity index is 427. The van der Waals surface area contributed by atoms with Crippen molar-refractivity contribution in [3.05, 3.63) is 33.6 Å². The van der Waals surface area contributed by atoms with E-state index in [0.717, 1.165) is 5.56 Å². The van der Waals surface area contributed by atoms with E-state index in [1.807, 2.05) is 0 Å². The van der Waals surface area contributed by atoms with Crippen molar-refractivity contribution in [3.8, 4) is 0 Å². The predicted molar refractivity (Wildman–Crippen MR) is 71.5 cm³/mol. The standard InChI is InChI=1S/C12H17BrN2O2/c1-8-5-10(15(16)17)9(14-7-8)6-11(13)12(2,3)4/h5,7,11H,6H2,1-4H3. The summed E-state index contributed by atoms with van der Waals surface area (Å²) in [4.78, 5) is 14.9. The third kappa shape index (κ3) is 3.77. The Labute approximate surface area is 110 Å². The van der Waals surface area contributed by atoms with Gasteiger partial charge in [0, 0.05) is 23.5 Å². The van der Waals surface area contributed by atoms with Crippen molar-refractivity contribution < 1.29 is 4.92 Å². The molecule has 0 aliphatic heterocycles. The van der Waals surface area contributed by atoms with Crippen LogP contribution in [0.15, 0.2) is 12.3 Å². The molecule has 5 heteroatoms. The number of hydrogen-bond donors (Lipinski definition) is 0. The van der Waals surface area contributed by atoms with Crippen LogP contribution in [-0.2, 0) is 6.42 Å². The van der Waals surface area contributed by atoms with Crippen LogP contribution in [0.5, 0.6) is 0 Å². The Hall–Kier alpha value is -0.970. The molecule has 1 heterocycles. The fraction of sp³-hybridized carbons (Fsp3) is 0.583. The van der Waals surface area contributed by atoms with Crippen LogP contribution in [-0.4, -0.2) is 14.7 Å². The molecule has 4 nitrogen and oxygen atoms in total. The first kappa shape index (κ1) is 14.1. The molecule has 0 amide bonds. The van der Waals surface area contributed by atoms with Crippen LogP contribution in [0.1, 0.15) is 32.0 Å². The van der Waals surface area contributed by atoms with Crippen LogP contribution in [0.25, 0.3) is 0 Å². The largest absolute Gasteiger partial charge is 0.291 e. The molecule has 0 saturated carbocycles. The van der Waals surface area contributed by atoms with Crippen molar-refractivity contribution in [1.82, 2.24) is 4.98 Å². The van der Waals surface area contributed by atoms with Gasteiger partial charge in [0.2, 0.25) is 0 Å². The van der Waals surface area contributed by atoms with E-state index in [-0.39, 0.29) is 20.9 Å². The fourth-order valence-corrected chi connectivity index (χ4v) is 1.68. The lowest BCUT2D eigenvalue weighted by atomic mass is 9.89. The number of pyridine rings is 1. The number of aromatic nitrogens is 1. The molecule has 0 saturated heterocycles. The maximum Gasteiger partial charge on any atom is 0.291 e. The van der Waals surface area contributed by atoms with Crippen molar-refractivity contribution in [2.24, 2.45) is 5.41 Å². The van der Waals surface area contributed by atoms with E-state index in [1.54, 1.807) is 19.2 Å². The van der Waals surface area contributed by atoms with Crippen molar-refractivity contribution in [2.45, 2.75) is 38.9 Å². The summed E-state index contributed by atoms with van der Waals surface area (Å²) in [5, 5.41) is 11.0. The first-order valence-corrected chi connectivity index (χ1v) is 6.37. The summed E-state index contributed by atoms with van der Waals surface area (Å²) >= 11 is 3.57. The zero-order chi connectivity index (χ0) is 13.2. The number of hydrogen-bond acceptors (Lipinski definition) is 3. The molecule has 1 aromatic rings. The van der Waals surface area contributed by atoms with Gasteiger partial charge in [0.15, 0.2) is 0 Å². The van der Waals surface area contributed by atoms with Crippen LogP contribution < -0.4 is 0 Å². The van der Waals surface area contributed by atoms with Crippen LogP contribution in [0, 0.1) is 22.5 Å². The second-order valence-corrected chi connectivity index (χ2v) is 6.38. The maximum absolute atomic E-state index is 11.0. The molecule has 0 radical (unpaired) electrons. The molecular weight excluding hydrogens is 284 g/mol. The van der Waals surface area contributed by atoms with Gasteiger partial charge in [0.05, 0.1) is 4.92 Å². The van der Waals surface area contributed by atoms with Gasteiger partial charge in [0.25, 0.3) is 5.69 Å². The summed E-state index contributed by atoms with van der Waals surface area (Å²) in [6, 6.07) is 1.57. The Kier molecular flexibility index (Phi) is 4.25. The molecule has 0 spiro atoms. The van der Waals surface area contributed by atoms with Crippen LogP contribution in [0.3, 0.4) is 0 Å². The molecule has 17 heavy (non-hydrogen) atoms. The molecule has 1 atom stereocenters. The number of aryl methyl sites for hydroxylation is 1. The summed E-state index contributed by atoms with van der Waals surface area (Å²) in [5.41, 5.74) is 1.50. The zero-order valence-electron chi connectivity index (χ0n) is 10.5. The average Bonchev–Trinajstić information content (AvgIpc) is 2.18. The van der Waals surface area contributed by atoms with E-state index in [0.29, 0.717) is 12.1 Å². The summed E-state index contributed by atoms with van der Waals surface area (Å²) in [5.74, 6) is 0. The van der Waals surface area contributed by atoms with Gasteiger partial charge in [-0.2, -0.15) is 0 Å². The fourth-order valence-electron chi connectivity index (χ4n) is 1.37. The quantitative estimate of drug-likeness (QED) is 0.486. The van der Waals surface area contributed by atoms with Gasteiger partial charge in [-0.1, -0.05) is 36.7 Å². The van der Waals surface area contributed by atoms with Crippen LogP contribution in [0.2, 0.25) is 0 Å². The molecule has 1 unspecified atom stereocenters. The minimum absolute atomic E-state index is 0.0421. The average molecular weight is 301 g/mol. The second-order valence-electron chi connectivity index (χ2n) is 5.27. The van der Waals surface area contributed by atoms with Crippen molar-refractivity contribution >= 4 is 21.6 Å². The molecular formula is C12H17BrN2O2. The zero-order valence-corrected chi connectivity index (χ0v) is 12.1. The smallest absolute Gasteiger partial charge is 0.258 e. The lowest BCUT2D eigenvalue weighted by Gasteiger charge is -2.25. The predicted octanol–water partition coefficient (Wildman–Crippen LogP) is 3.65. The van der Waals surface area contributed by atoms with Gasteiger partial charge < -0.3 is 0 Å². The number of alkyl halides is 1. The van der Waals surface area contributed by atoms with E-state index >= 15 is 0 Å². The van der Waals surface area contributed by atoms with Gasteiger partial charge in [0.1, 0.15) is 5.69 Å². The molecule has 0 bridgehead atoms. The monoisotopic (exact) mass is 300 g/mol. The topological polar surface area (TPSA) is 56.0 Å². The highest BCUT2D eigenvalue weighted by Crippen LogP contribution is 2.31. The summed E-state index contributed by atoms with van der Waals surface area (Å²) in [6.45, 7) is 8.07. The number of nitrogens with zero attached hydrogens (tertiary/aromatic N) is 2. The lowest BCUT2D eigenvalue weighted by Crippen LogP contribution is -2.23. The molecule has 0 aliphatic rings. The van der Waals surface area contributed by atoms with Gasteiger partial charge in [-0.3, -0.25) is 15.1 Å². The minimum Gasteiger partial charge on any atom is -0.258 e. The Morgan fingerprint density at radius 2 is 2.12 bits per heavy atom. The van der Waals surface area contributed by atoms with Gasteiger partial charge >= 0.3 is 0 Å². The minimum atomic E-state index is -0.363. The number of halogens is 1. The first-order chi connectivity index (χ1) is 7.71. The molecule has 0 N–H and O–H groups in total. The highest BCUT2D eigenvalue weighted by Gasteiger charge is 2.26. The molecule has 94 valence electrons. The number of nitro groups is 1. The van der Waals surface area contributed by atoms with Gasteiger partial charge in [-0.05, 0) is 17.9 Å². The summed E-state index contributed by atoms with van der Waals surface area (Å²) < 4.78 is 0. The van der Waals surface area contributed by atoms with Crippen LogP contribution >= 0.6 is 15.9 Å². The van der Waals surface area contributed by atoms with Crippen LogP contribution in [0.4, 0.5) is 5.69 Å². The van der Waals surface area contributed by atoms with E-state index < -0.39 is 0 Å². The summed E-state index contributed by atoms with van der Waals surface area (Å²) in [6.07, 6.45) is 2.23. The molecule has 1 rings (SSSR count). The highest BCUT2D eigenvalue weighted by molar-refractivity contribution is 9.09.